The molecule has 5 rings (SSSR count). The van der Waals surface area contributed by atoms with E-state index in [1.54, 1.807) is 0 Å². The van der Waals surface area contributed by atoms with E-state index in [2.05, 4.69) is 6.07 Å². The molecule has 4 aromatic rings. The Morgan fingerprint density at radius 2 is 1.68 bits per heavy atom. The Labute approximate surface area is 168 Å². The van der Waals surface area contributed by atoms with E-state index in [4.69, 9.17) is 16.6 Å². The van der Waals surface area contributed by atoms with E-state index < -0.39 is 0 Å². The third kappa shape index (κ3) is 2.76. The molecule has 1 aromatic heterocycles. The molecular weight excluding hydrogens is 368 g/mol. The fourth-order valence-corrected chi connectivity index (χ4v) is 4.09. The minimum absolute atomic E-state index is 0.00291. The predicted octanol–water partition coefficient (Wildman–Crippen LogP) is 5.76. The summed E-state index contributed by atoms with van der Waals surface area (Å²) in [4.78, 5) is 20.2. The molecule has 2 heterocycles. The first-order valence-corrected chi connectivity index (χ1v) is 9.64. The summed E-state index contributed by atoms with van der Waals surface area (Å²) in [7, 11) is 0. The zero-order valence-electron chi connectivity index (χ0n) is 15.1. The highest BCUT2D eigenvalue weighted by molar-refractivity contribution is 6.33. The van der Waals surface area contributed by atoms with Gasteiger partial charge in [0.25, 0.3) is 5.91 Å². The van der Waals surface area contributed by atoms with Gasteiger partial charge in [0.15, 0.2) is 0 Å². The summed E-state index contributed by atoms with van der Waals surface area (Å²) in [5.74, 6) is -0.00291. The van der Waals surface area contributed by atoms with Gasteiger partial charge in [0.05, 0.1) is 16.8 Å². The lowest BCUT2D eigenvalue weighted by Gasteiger charge is -2.19. The molecule has 0 radical (unpaired) electrons. The summed E-state index contributed by atoms with van der Waals surface area (Å²) in [6, 6.07) is 25.3. The largest absolute Gasteiger partial charge is 0.308 e. The second-order valence-electron chi connectivity index (χ2n) is 6.89. The van der Waals surface area contributed by atoms with Gasteiger partial charge in [-0.15, -0.1) is 0 Å². The van der Waals surface area contributed by atoms with Crippen LogP contribution in [0.15, 0.2) is 78.9 Å². The number of halogens is 1. The monoisotopic (exact) mass is 384 g/mol. The van der Waals surface area contributed by atoms with Gasteiger partial charge in [-0.1, -0.05) is 66.2 Å². The number of nitrogens with zero attached hydrogens (tertiary/aromatic N) is 2. The summed E-state index contributed by atoms with van der Waals surface area (Å²) in [5.41, 5.74) is 5.17. The van der Waals surface area contributed by atoms with Crippen LogP contribution in [0, 0.1) is 0 Å². The minimum atomic E-state index is -0.00291. The maximum Gasteiger partial charge on any atom is 0.259 e. The molecule has 0 N–H and O–H groups in total. The van der Waals surface area contributed by atoms with Gasteiger partial charge in [0.1, 0.15) is 0 Å². The summed E-state index contributed by atoms with van der Waals surface area (Å²) in [6.45, 7) is 0.691. The van der Waals surface area contributed by atoms with Crippen molar-refractivity contribution in [2.24, 2.45) is 0 Å². The van der Waals surface area contributed by atoms with Gasteiger partial charge in [-0.3, -0.25) is 4.79 Å². The van der Waals surface area contributed by atoms with E-state index in [-0.39, 0.29) is 5.91 Å². The number of hydrogen-bond acceptors (Lipinski definition) is 2. The summed E-state index contributed by atoms with van der Waals surface area (Å²) >= 11 is 6.40. The van der Waals surface area contributed by atoms with Crippen molar-refractivity contribution in [3.05, 3.63) is 95.0 Å². The summed E-state index contributed by atoms with van der Waals surface area (Å²) in [6.07, 6.45) is 0.877. The molecule has 0 bridgehead atoms. The highest BCUT2D eigenvalue weighted by Gasteiger charge is 2.27. The van der Waals surface area contributed by atoms with Crippen LogP contribution >= 0.6 is 11.6 Å². The molecule has 28 heavy (non-hydrogen) atoms. The van der Waals surface area contributed by atoms with Gasteiger partial charge in [-0.05, 0) is 36.2 Å². The Hall–Kier alpha value is -3.17. The number of benzene rings is 3. The fraction of sp³-hybridized carbons (Fsp3) is 0.0833. The Morgan fingerprint density at radius 3 is 2.57 bits per heavy atom. The van der Waals surface area contributed by atoms with Gasteiger partial charge in [0.2, 0.25) is 0 Å². The highest BCUT2D eigenvalue weighted by Crippen LogP contribution is 2.33. The van der Waals surface area contributed by atoms with Gasteiger partial charge >= 0.3 is 0 Å². The predicted molar refractivity (Wildman–Crippen MR) is 114 cm³/mol. The number of aromatic nitrogens is 1. The first kappa shape index (κ1) is 17.0. The van der Waals surface area contributed by atoms with Crippen molar-refractivity contribution < 1.29 is 4.79 Å². The maximum absolute atomic E-state index is 13.6. The molecule has 3 aromatic carbocycles. The quantitative estimate of drug-likeness (QED) is 0.440. The Balaban J connectivity index is 1.69. The molecule has 0 aliphatic carbocycles. The van der Waals surface area contributed by atoms with Crippen LogP contribution in [-0.4, -0.2) is 17.4 Å². The number of hydrogen-bond donors (Lipinski definition) is 0. The summed E-state index contributed by atoms with van der Waals surface area (Å²) in [5, 5.41) is 1.47. The fourth-order valence-electron chi connectivity index (χ4n) is 3.85. The van der Waals surface area contributed by atoms with Crippen molar-refractivity contribution in [3.63, 3.8) is 0 Å². The lowest BCUT2D eigenvalue weighted by Crippen LogP contribution is -2.29. The number of carbonyl (C=O) groups is 1. The van der Waals surface area contributed by atoms with Gasteiger partial charge in [0, 0.05) is 28.2 Å². The Kier molecular flexibility index (Phi) is 4.10. The van der Waals surface area contributed by atoms with E-state index in [1.165, 1.54) is 5.56 Å². The summed E-state index contributed by atoms with van der Waals surface area (Å²) < 4.78 is 0. The van der Waals surface area contributed by atoms with E-state index >= 15 is 0 Å². The Morgan fingerprint density at radius 1 is 0.929 bits per heavy atom. The smallest absolute Gasteiger partial charge is 0.259 e. The molecule has 0 spiro atoms. The zero-order valence-corrected chi connectivity index (χ0v) is 15.9. The van der Waals surface area contributed by atoms with Crippen LogP contribution in [0.25, 0.3) is 22.2 Å². The van der Waals surface area contributed by atoms with Crippen molar-refractivity contribution in [2.75, 3.05) is 11.4 Å². The molecule has 0 atom stereocenters. The standard InChI is InChI=1S/C24H17ClN2O/c25-20-10-4-2-9-18(20)22-15-19(17-8-3-5-11-21(17)26-22)24(28)27-14-13-16-7-1-6-12-23(16)27/h1-12,15H,13-14H2. The SMILES string of the molecule is O=C(c1cc(-c2ccccc2Cl)nc2ccccc12)N1CCc2ccccc21. The lowest BCUT2D eigenvalue weighted by molar-refractivity contribution is 0.0991. The second kappa shape index (κ2) is 6.77. The van der Waals surface area contributed by atoms with E-state index in [1.807, 2.05) is 77.7 Å². The lowest BCUT2D eigenvalue weighted by atomic mass is 10.0. The first-order valence-electron chi connectivity index (χ1n) is 9.27. The van der Waals surface area contributed by atoms with Crippen molar-refractivity contribution in [3.8, 4) is 11.3 Å². The van der Waals surface area contributed by atoms with Crippen LogP contribution in [-0.2, 0) is 6.42 Å². The number of fused-ring (bicyclic) bond motifs is 2. The molecule has 0 saturated heterocycles. The first-order chi connectivity index (χ1) is 13.7. The molecule has 1 aliphatic heterocycles. The minimum Gasteiger partial charge on any atom is -0.308 e. The zero-order chi connectivity index (χ0) is 19.1. The average Bonchev–Trinajstić information content (AvgIpc) is 3.17. The van der Waals surface area contributed by atoms with E-state index in [9.17, 15) is 4.79 Å². The molecule has 3 nitrogen and oxygen atoms in total. The normalized spacial score (nSPS) is 13.0. The van der Waals surface area contributed by atoms with Crippen LogP contribution in [0.1, 0.15) is 15.9 Å². The van der Waals surface area contributed by atoms with Crippen LogP contribution in [0.4, 0.5) is 5.69 Å². The van der Waals surface area contributed by atoms with Gasteiger partial charge in [-0.25, -0.2) is 4.98 Å². The highest BCUT2D eigenvalue weighted by atomic mass is 35.5. The third-order valence-electron chi connectivity index (χ3n) is 5.23. The number of amides is 1. The van der Waals surface area contributed by atoms with Crippen molar-refractivity contribution in [1.82, 2.24) is 4.98 Å². The number of rotatable bonds is 2. The molecule has 0 unspecified atom stereocenters. The number of anilines is 1. The van der Waals surface area contributed by atoms with E-state index in [0.717, 1.165) is 28.6 Å². The number of pyridine rings is 1. The van der Waals surface area contributed by atoms with Gasteiger partial charge < -0.3 is 4.90 Å². The van der Waals surface area contributed by atoms with Crippen LogP contribution in [0.3, 0.4) is 0 Å². The molecule has 4 heteroatoms. The van der Waals surface area contributed by atoms with Crippen molar-refractivity contribution in [2.45, 2.75) is 6.42 Å². The van der Waals surface area contributed by atoms with Crippen LogP contribution in [0.5, 0.6) is 0 Å². The number of carbonyl (C=O) groups excluding carboxylic acids is 1. The number of para-hydroxylation sites is 2. The maximum atomic E-state index is 13.6. The molecular formula is C24H17ClN2O. The van der Waals surface area contributed by atoms with Crippen LogP contribution in [0.2, 0.25) is 5.02 Å². The molecule has 1 aliphatic rings. The van der Waals surface area contributed by atoms with E-state index in [0.29, 0.717) is 22.8 Å². The molecule has 1 amide bonds. The average molecular weight is 385 g/mol. The third-order valence-corrected chi connectivity index (χ3v) is 5.56. The molecule has 136 valence electrons. The molecule has 0 saturated carbocycles. The second-order valence-corrected chi connectivity index (χ2v) is 7.29. The van der Waals surface area contributed by atoms with Crippen molar-refractivity contribution >= 4 is 34.1 Å². The molecule has 0 fully saturated rings. The van der Waals surface area contributed by atoms with Crippen molar-refractivity contribution in [1.29, 1.82) is 0 Å². The van der Waals surface area contributed by atoms with Crippen LogP contribution < -0.4 is 4.90 Å². The van der Waals surface area contributed by atoms with Gasteiger partial charge in [-0.2, -0.15) is 0 Å². The Bertz CT molecular complexity index is 1220. The topological polar surface area (TPSA) is 33.2 Å².